The predicted molar refractivity (Wildman–Crippen MR) is 74.8 cm³/mol. The van der Waals surface area contributed by atoms with E-state index in [1.165, 1.54) is 0 Å². The van der Waals surface area contributed by atoms with Gasteiger partial charge in [-0.3, -0.25) is 5.84 Å². The van der Waals surface area contributed by atoms with Crippen LogP contribution in [0.4, 0.5) is 0 Å². The number of hydrazine groups is 1. The second-order valence-corrected chi connectivity index (χ2v) is 5.07. The van der Waals surface area contributed by atoms with Gasteiger partial charge in [0.05, 0.1) is 6.04 Å². The lowest BCUT2D eigenvalue weighted by Crippen LogP contribution is -2.28. The lowest BCUT2D eigenvalue weighted by atomic mass is 9.99. The first-order valence-corrected chi connectivity index (χ1v) is 6.35. The summed E-state index contributed by atoms with van der Waals surface area (Å²) in [4.78, 5) is 0. The van der Waals surface area contributed by atoms with Crippen molar-refractivity contribution in [3.05, 3.63) is 69.2 Å². The first-order chi connectivity index (χ1) is 8.20. The molecule has 0 bridgehead atoms. The molecule has 0 aromatic heterocycles. The zero-order chi connectivity index (χ0) is 12.3. The maximum atomic E-state index is 6.04. The van der Waals surface area contributed by atoms with Crippen molar-refractivity contribution in [1.82, 2.24) is 5.43 Å². The number of benzene rings is 2. The first kappa shape index (κ1) is 12.6. The number of hydrogen-bond acceptors (Lipinski definition) is 2. The van der Waals surface area contributed by atoms with Gasteiger partial charge in [0, 0.05) is 9.50 Å². The Morgan fingerprint density at radius 1 is 1.06 bits per heavy atom. The number of halogens is 2. The molecule has 0 radical (unpaired) electrons. The summed E-state index contributed by atoms with van der Waals surface area (Å²) in [5.41, 5.74) is 4.94. The van der Waals surface area contributed by atoms with Gasteiger partial charge in [-0.2, -0.15) is 0 Å². The van der Waals surface area contributed by atoms with Gasteiger partial charge in [0.1, 0.15) is 0 Å². The highest BCUT2D eigenvalue weighted by molar-refractivity contribution is 9.10. The van der Waals surface area contributed by atoms with E-state index in [4.69, 9.17) is 17.4 Å². The fraction of sp³-hybridized carbons (Fsp3) is 0.0769. The molecule has 1 atom stereocenters. The maximum Gasteiger partial charge on any atom is 0.0711 e. The third kappa shape index (κ3) is 3.07. The number of hydrogen-bond donors (Lipinski definition) is 2. The first-order valence-electron chi connectivity index (χ1n) is 5.18. The minimum atomic E-state index is -0.0637. The third-order valence-corrected chi connectivity index (χ3v) is 3.19. The molecule has 0 aliphatic rings. The Kier molecular flexibility index (Phi) is 4.18. The van der Waals surface area contributed by atoms with Crippen molar-refractivity contribution in [3.8, 4) is 0 Å². The summed E-state index contributed by atoms with van der Waals surface area (Å²) in [7, 11) is 0. The van der Waals surface area contributed by atoms with E-state index in [1.54, 1.807) is 0 Å². The average molecular weight is 312 g/mol. The second kappa shape index (κ2) is 5.65. The topological polar surface area (TPSA) is 38.0 Å². The molecule has 2 aromatic carbocycles. The molecule has 0 amide bonds. The lowest BCUT2D eigenvalue weighted by molar-refractivity contribution is 0.636. The second-order valence-electron chi connectivity index (χ2n) is 3.71. The van der Waals surface area contributed by atoms with Crippen molar-refractivity contribution in [2.45, 2.75) is 6.04 Å². The number of rotatable bonds is 3. The van der Waals surface area contributed by atoms with Crippen molar-refractivity contribution >= 4 is 27.5 Å². The number of nitrogens with two attached hydrogens (primary N) is 1. The SMILES string of the molecule is NNC(c1ccccc1)c1cc(Cl)cc(Br)c1. The Labute approximate surface area is 114 Å². The van der Waals surface area contributed by atoms with Crippen LogP contribution in [0.5, 0.6) is 0 Å². The van der Waals surface area contributed by atoms with E-state index >= 15 is 0 Å². The average Bonchev–Trinajstić information content (AvgIpc) is 2.30. The summed E-state index contributed by atoms with van der Waals surface area (Å²) in [6.07, 6.45) is 0. The molecule has 17 heavy (non-hydrogen) atoms. The van der Waals surface area contributed by atoms with Crippen LogP contribution in [0.1, 0.15) is 17.2 Å². The highest BCUT2D eigenvalue weighted by Crippen LogP contribution is 2.27. The Balaban J connectivity index is 2.42. The molecule has 88 valence electrons. The summed E-state index contributed by atoms with van der Waals surface area (Å²) >= 11 is 9.47. The highest BCUT2D eigenvalue weighted by Gasteiger charge is 2.12. The molecule has 0 spiro atoms. The van der Waals surface area contributed by atoms with Gasteiger partial charge < -0.3 is 0 Å². The van der Waals surface area contributed by atoms with Gasteiger partial charge >= 0.3 is 0 Å². The molecule has 0 aliphatic carbocycles. The normalized spacial score (nSPS) is 12.4. The molecule has 2 aromatic rings. The van der Waals surface area contributed by atoms with E-state index in [2.05, 4.69) is 21.4 Å². The lowest BCUT2D eigenvalue weighted by Gasteiger charge is -2.17. The molecule has 0 saturated carbocycles. The molecular weight excluding hydrogens is 300 g/mol. The van der Waals surface area contributed by atoms with E-state index in [-0.39, 0.29) is 6.04 Å². The van der Waals surface area contributed by atoms with E-state index in [0.717, 1.165) is 15.6 Å². The quantitative estimate of drug-likeness (QED) is 0.670. The van der Waals surface area contributed by atoms with Gasteiger partial charge in [0.15, 0.2) is 0 Å². The molecule has 0 fully saturated rings. The molecule has 3 N–H and O–H groups in total. The van der Waals surface area contributed by atoms with Crippen LogP contribution < -0.4 is 11.3 Å². The van der Waals surface area contributed by atoms with Gasteiger partial charge in [-0.1, -0.05) is 57.9 Å². The van der Waals surface area contributed by atoms with Crippen LogP contribution in [0.3, 0.4) is 0 Å². The zero-order valence-corrected chi connectivity index (χ0v) is 11.4. The maximum absolute atomic E-state index is 6.04. The van der Waals surface area contributed by atoms with Crippen LogP contribution in [-0.4, -0.2) is 0 Å². The van der Waals surface area contributed by atoms with Crippen LogP contribution in [0, 0.1) is 0 Å². The predicted octanol–water partition coefficient (Wildman–Crippen LogP) is 3.66. The summed E-state index contributed by atoms with van der Waals surface area (Å²) in [5.74, 6) is 5.63. The number of nitrogens with one attached hydrogen (secondary N) is 1. The van der Waals surface area contributed by atoms with Crippen molar-refractivity contribution < 1.29 is 0 Å². The smallest absolute Gasteiger partial charge is 0.0711 e. The van der Waals surface area contributed by atoms with E-state index in [9.17, 15) is 0 Å². The molecule has 0 saturated heterocycles. The Hall–Kier alpha value is -0.870. The Morgan fingerprint density at radius 3 is 2.35 bits per heavy atom. The summed E-state index contributed by atoms with van der Waals surface area (Å²) in [6.45, 7) is 0. The molecule has 4 heteroatoms. The molecule has 2 rings (SSSR count). The van der Waals surface area contributed by atoms with Crippen LogP contribution in [0.2, 0.25) is 5.02 Å². The van der Waals surface area contributed by atoms with Gasteiger partial charge in [-0.25, -0.2) is 5.43 Å². The minimum Gasteiger partial charge on any atom is -0.271 e. The van der Waals surface area contributed by atoms with Crippen LogP contribution in [0.15, 0.2) is 53.0 Å². The van der Waals surface area contributed by atoms with E-state index in [0.29, 0.717) is 5.02 Å². The van der Waals surface area contributed by atoms with Crippen molar-refractivity contribution in [1.29, 1.82) is 0 Å². The van der Waals surface area contributed by atoms with Gasteiger partial charge in [0.25, 0.3) is 0 Å². The summed E-state index contributed by atoms with van der Waals surface area (Å²) < 4.78 is 0.941. The van der Waals surface area contributed by atoms with E-state index < -0.39 is 0 Å². The van der Waals surface area contributed by atoms with Crippen molar-refractivity contribution in [2.24, 2.45) is 5.84 Å². The van der Waals surface area contributed by atoms with Gasteiger partial charge in [-0.15, -0.1) is 0 Å². The molecular formula is C13H12BrClN2. The van der Waals surface area contributed by atoms with E-state index in [1.807, 2.05) is 48.5 Å². The van der Waals surface area contributed by atoms with Crippen LogP contribution >= 0.6 is 27.5 Å². The van der Waals surface area contributed by atoms with Gasteiger partial charge in [0.2, 0.25) is 0 Å². The zero-order valence-electron chi connectivity index (χ0n) is 9.03. The molecule has 1 unspecified atom stereocenters. The minimum absolute atomic E-state index is 0.0637. The fourth-order valence-corrected chi connectivity index (χ4v) is 2.66. The Bertz CT molecular complexity index is 482. The Morgan fingerprint density at radius 2 is 1.76 bits per heavy atom. The van der Waals surface area contributed by atoms with Crippen LogP contribution in [0.25, 0.3) is 0 Å². The van der Waals surface area contributed by atoms with Gasteiger partial charge in [-0.05, 0) is 29.3 Å². The van der Waals surface area contributed by atoms with Crippen molar-refractivity contribution in [2.75, 3.05) is 0 Å². The third-order valence-electron chi connectivity index (χ3n) is 2.52. The highest BCUT2D eigenvalue weighted by atomic mass is 79.9. The monoisotopic (exact) mass is 310 g/mol. The molecule has 0 aliphatic heterocycles. The summed E-state index contributed by atoms with van der Waals surface area (Å²) in [6, 6.07) is 15.7. The largest absolute Gasteiger partial charge is 0.271 e. The molecule has 2 nitrogen and oxygen atoms in total. The van der Waals surface area contributed by atoms with Crippen molar-refractivity contribution in [3.63, 3.8) is 0 Å². The van der Waals surface area contributed by atoms with Crippen LogP contribution in [-0.2, 0) is 0 Å². The molecule has 0 heterocycles. The fourth-order valence-electron chi connectivity index (χ4n) is 1.77. The standard InChI is InChI=1S/C13H12BrClN2/c14-11-6-10(7-12(15)8-11)13(17-16)9-4-2-1-3-5-9/h1-8,13,17H,16H2. The summed E-state index contributed by atoms with van der Waals surface area (Å²) in [5, 5.41) is 0.686.